The van der Waals surface area contributed by atoms with Crippen molar-refractivity contribution in [3.63, 3.8) is 0 Å². The minimum atomic E-state index is -1.13. The molecule has 4 nitrogen and oxygen atoms in total. The molecular formula is C9H8F2N2O2. The van der Waals surface area contributed by atoms with E-state index in [1.807, 2.05) is 0 Å². The maximum absolute atomic E-state index is 13.1. The predicted octanol–water partition coefficient (Wildman–Crippen LogP) is 0.736. The molecule has 0 aliphatic heterocycles. The highest BCUT2D eigenvalue weighted by Gasteiger charge is 2.20. The van der Waals surface area contributed by atoms with E-state index in [2.05, 4.69) is 10.3 Å². The van der Waals surface area contributed by atoms with Crippen LogP contribution in [0.1, 0.15) is 18.5 Å². The standard InChI is InChI=1S/C9H8F2N2O2/c1-5(15)8(12-4-14)6-2-3-7(10)13-9(6)11/h2-4,8H,1H3,(H,12,14). The second-order valence-corrected chi connectivity index (χ2v) is 2.84. The Hall–Kier alpha value is -1.85. The van der Waals surface area contributed by atoms with Crippen LogP contribution in [-0.2, 0) is 9.59 Å². The number of halogens is 2. The Bertz CT molecular complexity index is 396. The van der Waals surface area contributed by atoms with Crippen molar-refractivity contribution in [3.8, 4) is 0 Å². The number of nitrogens with one attached hydrogen (secondary N) is 1. The van der Waals surface area contributed by atoms with Crippen LogP contribution in [0.15, 0.2) is 12.1 Å². The molecule has 6 heteroatoms. The maximum atomic E-state index is 13.1. The maximum Gasteiger partial charge on any atom is 0.221 e. The van der Waals surface area contributed by atoms with Crippen LogP contribution in [-0.4, -0.2) is 17.2 Å². The fraction of sp³-hybridized carbons (Fsp3) is 0.222. The molecule has 0 aliphatic carbocycles. The zero-order valence-corrected chi connectivity index (χ0v) is 7.83. The first-order valence-electron chi connectivity index (χ1n) is 4.08. The first kappa shape index (κ1) is 11.2. The van der Waals surface area contributed by atoms with E-state index in [1.165, 1.54) is 6.92 Å². The number of hydrogen-bond donors (Lipinski definition) is 1. The number of rotatable bonds is 4. The summed E-state index contributed by atoms with van der Waals surface area (Å²) < 4.78 is 25.6. The molecule has 1 unspecified atom stereocenters. The quantitative estimate of drug-likeness (QED) is 0.594. The first-order chi connectivity index (χ1) is 7.06. The van der Waals surface area contributed by atoms with Crippen LogP contribution in [0.25, 0.3) is 0 Å². The number of aromatic nitrogens is 1. The largest absolute Gasteiger partial charge is 0.345 e. The molecule has 0 saturated carbocycles. The highest BCUT2D eigenvalue weighted by Crippen LogP contribution is 2.16. The van der Waals surface area contributed by atoms with Gasteiger partial charge in [0.05, 0.1) is 0 Å². The van der Waals surface area contributed by atoms with Crippen LogP contribution in [0.3, 0.4) is 0 Å². The Morgan fingerprint density at radius 2 is 2.20 bits per heavy atom. The van der Waals surface area contributed by atoms with Gasteiger partial charge in [-0.3, -0.25) is 9.59 Å². The smallest absolute Gasteiger partial charge is 0.221 e. The second-order valence-electron chi connectivity index (χ2n) is 2.84. The summed E-state index contributed by atoms with van der Waals surface area (Å²) in [5, 5.41) is 2.13. The second kappa shape index (κ2) is 4.59. The molecule has 15 heavy (non-hydrogen) atoms. The van der Waals surface area contributed by atoms with Gasteiger partial charge >= 0.3 is 0 Å². The fourth-order valence-electron chi connectivity index (χ4n) is 1.13. The van der Waals surface area contributed by atoms with Crippen molar-refractivity contribution >= 4 is 12.2 Å². The normalized spacial score (nSPS) is 11.9. The molecule has 1 rings (SSSR count). The first-order valence-corrected chi connectivity index (χ1v) is 4.08. The summed E-state index contributed by atoms with van der Waals surface area (Å²) >= 11 is 0. The zero-order chi connectivity index (χ0) is 11.4. The zero-order valence-electron chi connectivity index (χ0n) is 7.83. The number of hydrogen-bond acceptors (Lipinski definition) is 3. The van der Waals surface area contributed by atoms with Crippen LogP contribution in [0.4, 0.5) is 8.78 Å². The van der Waals surface area contributed by atoms with E-state index in [-0.39, 0.29) is 12.0 Å². The molecule has 0 fully saturated rings. The topological polar surface area (TPSA) is 59.1 Å². The van der Waals surface area contributed by atoms with Gasteiger partial charge in [-0.05, 0) is 19.1 Å². The third-order valence-corrected chi connectivity index (χ3v) is 1.80. The van der Waals surface area contributed by atoms with Crippen molar-refractivity contribution in [1.29, 1.82) is 0 Å². The van der Waals surface area contributed by atoms with Crippen LogP contribution < -0.4 is 5.32 Å². The summed E-state index contributed by atoms with van der Waals surface area (Å²) in [7, 11) is 0. The van der Waals surface area contributed by atoms with Crippen molar-refractivity contribution in [2.24, 2.45) is 0 Å². The van der Waals surface area contributed by atoms with Crippen LogP contribution >= 0.6 is 0 Å². The van der Waals surface area contributed by atoms with Gasteiger partial charge in [-0.25, -0.2) is 0 Å². The van der Waals surface area contributed by atoms with Crippen LogP contribution in [0.5, 0.6) is 0 Å². The monoisotopic (exact) mass is 214 g/mol. The SMILES string of the molecule is CC(=O)C(NC=O)c1ccc(F)nc1F. The van der Waals surface area contributed by atoms with E-state index in [4.69, 9.17) is 0 Å². The lowest BCUT2D eigenvalue weighted by molar-refractivity contribution is -0.122. The lowest BCUT2D eigenvalue weighted by Gasteiger charge is -2.12. The van der Waals surface area contributed by atoms with Gasteiger partial charge in [0.15, 0.2) is 5.78 Å². The van der Waals surface area contributed by atoms with Gasteiger partial charge in [0.2, 0.25) is 18.3 Å². The third-order valence-electron chi connectivity index (χ3n) is 1.80. The Morgan fingerprint density at radius 3 is 2.67 bits per heavy atom. The van der Waals surface area contributed by atoms with Crippen molar-refractivity contribution in [1.82, 2.24) is 10.3 Å². The Kier molecular flexibility index (Phi) is 3.43. The Labute approximate surface area is 84.3 Å². The molecular weight excluding hydrogens is 206 g/mol. The van der Waals surface area contributed by atoms with E-state index in [9.17, 15) is 18.4 Å². The van der Waals surface area contributed by atoms with Gasteiger partial charge in [0, 0.05) is 5.56 Å². The van der Waals surface area contributed by atoms with Gasteiger partial charge in [0.1, 0.15) is 6.04 Å². The van der Waals surface area contributed by atoms with E-state index < -0.39 is 23.7 Å². The summed E-state index contributed by atoms with van der Waals surface area (Å²) in [5.74, 6) is -2.55. The number of amides is 1. The third kappa shape index (κ3) is 2.55. The van der Waals surface area contributed by atoms with Crippen molar-refractivity contribution in [2.75, 3.05) is 0 Å². The lowest BCUT2D eigenvalue weighted by Crippen LogP contribution is -2.27. The average Bonchev–Trinajstić information content (AvgIpc) is 2.15. The van der Waals surface area contributed by atoms with Crippen molar-refractivity contribution in [2.45, 2.75) is 13.0 Å². The molecule has 0 aliphatic rings. The van der Waals surface area contributed by atoms with E-state index >= 15 is 0 Å². The average molecular weight is 214 g/mol. The number of carbonyl (C=O) groups excluding carboxylic acids is 2. The minimum absolute atomic E-state index is 0.156. The molecule has 0 spiro atoms. The molecule has 1 atom stereocenters. The van der Waals surface area contributed by atoms with Gasteiger partial charge in [-0.2, -0.15) is 13.8 Å². The predicted molar refractivity (Wildman–Crippen MR) is 46.8 cm³/mol. The number of pyridine rings is 1. The van der Waals surface area contributed by atoms with Crippen molar-refractivity contribution < 1.29 is 18.4 Å². The molecule has 1 amide bonds. The molecule has 0 radical (unpaired) electrons. The fourth-order valence-corrected chi connectivity index (χ4v) is 1.13. The molecule has 1 aromatic heterocycles. The molecule has 1 heterocycles. The van der Waals surface area contributed by atoms with E-state index in [0.717, 1.165) is 12.1 Å². The number of Topliss-reactive ketones (excluding diaryl/α,β-unsaturated/α-hetero) is 1. The summed E-state index contributed by atoms with van der Waals surface area (Å²) in [4.78, 5) is 24.2. The number of nitrogens with zero attached hydrogens (tertiary/aromatic N) is 1. The molecule has 0 bridgehead atoms. The van der Waals surface area contributed by atoms with Crippen molar-refractivity contribution in [3.05, 3.63) is 29.6 Å². The van der Waals surface area contributed by atoms with Crippen LogP contribution in [0.2, 0.25) is 0 Å². The van der Waals surface area contributed by atoms with Gasteiger partial charge in [-0.15, -0.1) is 0 Å². The summed E-state index contributed by atoms with van der Waals surface area (Å²) in [6, 6.07) is 0.858. The molecule has 1 aromatic rings. The van der Waals surface area contributed by atoms with E-state index in [0.29, 0.717) is 0 Å². The number of carbonyl (C=O) groups is 2. The Balaban J connectivity index is 3.10. The van der Waals surface area contributed by atoms with Gasteiger partial charge in [0.25, 0.3) is 0 Å². The highest BCUT2D eigenvalue weighted by atomic mass is 19.1. The molecule has 0 aromatic carbocycles. The van der Waals surface area contributed by atoms with Crippen LogP contribution in [0, 0.1) is 11.9 Å². The lowest BCUT2D eigenvalue weighted by atomic mass is 10.1. The molecule has 80 valence electrons. The van der Waals surface area contributed by atoms with Gasteiger partial charge in [-0.1, -0.05) is 0 Å². The summed E-state index contributed by atoms with van der Waals surface area (Å²) in [6.07, 6.45) is 0.273. The minimum Gasteiger partial charge on any atom is -0.345 e. The van der Waals surface area contributed by atoms with Gasteiger partial charge < -0.3 is 5.32 Å². The summed E-state index contributed by atoms with van der Waals surface area (Å²) in [6.45, 7) is 1.18. The van der Waals surface area contributed by atoms with E-state index in [1.54, 1.807) is 0 Å². The molecule has 1 N–H and O–H groups in total. The molecule has 0 saturated heterocycles. The Morgan fingerprint density at radius 1 is 1.53 bits per heavy atom. The highest BCUT2D eigenvalue weighted by molar-refractivity contribution is 5.84. The number of ketones is 1. The summed E-state index contributed by atoms with van der Waals surface area (Å²) in [5.41, 5.74) is -0.156.